The van der Waals surface area contributed by atoms with E-state index in [4.69, 9.17) is 11.6 Å². The van der Waals surface area contributed by atoms with Gasteiger partial charge in [0.1, 0.15) is 0 Å². The van der Waals surface area contributed by atoms with Gasteiger partial charge in [0.15, 0.2) is 0 Å². The summed E-state index contributed by atoms with van der Waals surface area (Å²) < 4.78 is 0. The largest absolute Gasteiger partial charge is 0.332 e. The summed E-state index contributed by atoms with van der Waals surface area (Å²) in [7, 11) is 0. The minimum Gasteiger partial charge on any atom is -0.332 e. The number of nitrogens with one attached hydrogen (secondary N) is 1. The van der Waals surface area contributed by atoms with Crippen molar-refractivity contribution < 1.29 is 4.79 Å². The van der Waals surface area contributed by atoms with E-state index in [2.05, 4.69) is 4.98 Å². The number of para-hydroxylation sites is 1. The van der Waals surface area contributed by atoms with Crippen molar-refractivity contribution in [3.63, 3.8) is 0 Å². The first-order valence-corrected chi connectivity index (χ1v) is 8.51. The summed E-state index contributed by atoms with van der Waals surface area (Å²) in [4.78, 5) is 29.8. The molecular formula is C20H19ClN2O2. The number of H-pyrrole nitrogens is 1. The van der Waals surface area contributed by atoms with Crippen LogP contribution >= 0.6 is 11.6 Å². The molecule has 128 valence electrons. The van der Waals surface area contributed by atoms with Gasteiger partial charge in [0, 0.05) is 17.1 Å². The third kappa shape index (κ3) is 3.59. The molecule has 0 spiro atoms. The zero-order chi connectivity index (χ0) is 18.0. The number of pyridine rings is 1. The van der Waals surface area contributed by atoms with E-state index in [-0.39, 0.29) is 24.1 Å². The molecule has 0 aliphatic rings. The van der Waals surface area contributed by atoms with E-state index in [1.807, 2.05) is 44.2 Å². The number of hydrogen-bond donors (Lipinski definition) is 1. The first-order chi connectivity index (χ1) is 12.0. The Morgan fingerprint density at radius 2 is 1.80 bits per heavy atom. The molecule has 0 saturated heterocycles. The van der Waals surface area contributed by atoms with Crippen LogP contribution in [0.5, 0.6) is 0 Å². The summed E-state index contributed by atoms with van der Waals surface area (Å²) in [5, 5.41) is 1.34. The van der Waals surface area contributed by atoms with Gasteiger partial charge in [0.25, 0.3) is 11.5 Å². The topological polar surface area (TPSA) is 53.2 Å². The van der Waals surface area contributed by atoms with Crippen molar-refractivity contribution in [1.29, 1.82) is 0 Å². The van der Waals surface area contributed by atoms with Crippen molar-refractivity contribution in [3.8, 4) is 0 Å². The molecular weight excluding hydrogens is 336 g/mol. The molecule has 0 fully saturated rings. The van der Waals surface area contributed by atoms with Crippen molar-refractivity contribution in [3.05, 3.63) is 81.1 Å². The van der Waals surface area contributed by atoms with Gasteiger partial charge in [-0.2, -0.15) is 0 Å². The van der Waals surface area contributed by atoms with Crippen molar-refractivity contribution in [2.24, 2.45) is 0 Å². The third-order valence-electron chi connectivity index (χ3n) is 4.16. The molecule has 3 aromatic rings. The molecule has 0 unspecified atom stereocenters. The maximum Gasteiger partial charge on any atom is 0.255 e. The number of aromatic amines is 1. The van der Waals surface area contributed by atoms with Gasteiger partial charge in [-0.15, -0.1) is 0 Å². The standard InChI is InChI=1S/C20H19ClN2O2/c1-13(2)23(20(25)16-8-4-5-9-17(16)21)12-15-11-14-7-3-6-10-18(14)22-19(15)24/h3-11,13H,12H2,1-2H3,(H,22,24). The Bertz CT molecular complexity index is 979. The average molecular weight is 355 g/mol. The van der Waals surface area contributed by atoms with Crippen LogP contribution in [0, 0.1) is 0 Å². The number of aromatic nitrogens is 1. The van der Waals surface area contributed by atoms with E-state index < -0.39 is 0 Å². The summed E-state index contributed by atoms with van der Waals surface area (Å²) in [5.74, 6) is -0.187. The van der Waals surface area contributed by atoms with Gasteiger partial charge in [-0.1, -0.05) is 41.9 Å². The molecule has 3 rings (SSSR count). The number of nitrogens with zero attached hydrogens (tertiary/aromatic N) is 1. The molecule has 1 aromatic heterocycles. The Kier molecular flexibility index (Phi) is 4.91. The smallest absolute Gasteiger partial charge is 0.255 e. The molecule has 1 amide bonds. The van der Waals surface area contributed by atoms with Gasteiger partial charge in [-0.05, 0) is 43.5 Å². The van der Waals surface area contributed by atoms with Crippen molar-refractivity contribution in [1.82, 2.24) is 9.88 Å². The SMILES string of the molecule is CC(C)N(Cc1cc2ccccc2[nH]c1=O)C(=O)c1ccccc1Cl. The Labute approximate surface area is 151 Å². The van der Waals surface area contributed by atoms with Crippen LogP contribution in [0.25, 0.3) is 10.9 Å². The number of rotatable bonds is 4. The van der Waals surface area contributed by atoms with Gasteiger partial charge in [-0.25, -0.2) is 0 Å². The maximum absolute atomic E-state index is 12.9. The quantitative estimate of drug-likeness (QED) is 0.762. The average Bonchev–Trinajstić information content (AvgIpc) is 2.59. The van der Waals surface area contributed by atoms with Crippen LogP contribution in [0.1, 0.15) is 29.8 Å². The molecule has 4 nitrogen and oxygen atoms in total. The molecule has 0 aliphatic carbocycles. The summed E-state index contributed by atoms with van der Waals surface area (Å²) in [6.45, 7) is 4.07. The number of benzene rings is 2. The van der Waals surface area contributed by atoms with Crippen LogP contribution in [0.15, 0.2) is 59.4 Å². The fraction of sp³-hybridized carbons (Fsp3) is 0.200. The highest BCUT2D eigenvalue weighted by atomic mass is 35.5. The Morgan fingerprint density at radius 1 is 1.12 bits per heavy atom. The first kappa shape index (κ1) is 17.2. The van der Waals surface area contributed by atoms with Gasteiger partial charge < -0.3 is 9.88 Å². The van der Waals surface area contributed by atoms with E-state index in [0.717, 1.165) is 10.9 Å². The minimum absolute atomic E-state index is 0.0744. The lowest BCUT2D eigenvalue weighted by atomic mass is 10.1. The van der Waals surface area contributed by atoms with E-state index >= 15 is 0 Å². The molecule has 0 aliphatic heterocycles. The van der Waals surface area contributed by atoms with Gasteiger partial charge in [-0.3, -0.25) is 9.59 Å². The number of halogens is 1. The van der Waals surface area contributed by atoms with E-state index in [9.17, 15) is 9.59 Å². The minimum atomic E-state index is -0.187. The zero-order valence-corrected chi connectivity index (χ0v) is 14.9. The summed E-state index contributed by atoms with van der Waals surface area (Å²) >= 11 is 6.16. The second-order valence-corrected chi connectivity index (χ2v) is 6.62. The Morgan fingerprint density at radius 3 is 2.52 bits per heavy atom. The number of carbonyl (C=O) groups excluding carboxylic acids is 1. The molecule has 0 saturated carbocycles. The van der Waals surface area contributed by atoms with Crippen LogP contribution in [0.4, 0.5) is 0 Å². The monoisotopic (exact) mass is 354 g/mol. The number of fused-ring (bicyclic) bond motifs is 1. The van der Waals surface area contributed by atoms with E-state index in [1.54, 1.807) is 29.2 Å². The van der Waals surface area contributed by atoms with E-state index in [0.29, 0.717) is 16.1 Å². The fourth-order valence-corrected chi connectivity index (χ4v) is 2.99. The summed E-state index contributed by atoms with van der Waals surface area (Å²) in [6.07, 6.45) is 0. The molecule has 1 N–H and O–H groups in total. The predicted octanol–water partition coefficient (Wildman–Crippen LogP) is 4.23. The van der Waals surface area contributed by atoms with Crippen molar-refractivity contribution in [2.45, 2.75) is 26.4 Å². The highest BCUT2D eigenvalue weighted by Gasteiger charge is 2.22. The second kappa shape index (κ2) is 7.11. The molecule has 25 heavy (non-hydrogen) atoms. The summed E-state index contributed by atoms with van der Waals surface area (Å²) in [5.41, 5.74) is 1.59. The fourth-order valence-electron chi connectivity index (χ4n) is 2.77. The third-order valence-corrected chi connectivity index (χ3v) is 4.49. The lowest BCUT2D eigenvalue weighted by molar-refractivity contribution is 0.0690. The first-order valence-electron chi connectivity index (χ1n) is 8.14. The molecule has 2 aromatic carbocycles. The highest BCUT2D eigenvalue weighted by Crippen LogP contribution is 2.20. The normalized spacial score (nSPS) is 11.0. The highest BCUT2D eigenvalue weighted by molar-refractivity contribution is 6.33. The Balaban J connectivity index is 1.98. The summed E-state index contributed by atoms with van der Waals surface area (Å²) in [6, 6.07) is 16.3. The predicted molar refractivity (Wildman–Crippen MR) is 101 cm³/mol. The van der Waals surface area contributed by atoms with Gasteiger partial charge in [0.05, 0.1) is 17.1 Å². The van der Waals surface area contributed by atoms with Gasteiger partial charge in [0.2, 0.25) is 0 Å². The Hall–Kier alpha value is -2.59. The lowest BCUT2D eigenvalue weighted by Crippen LogP contribution is -2.38. The second-order valence-electron chi connectivity index (χ2n) is 6.22. The molecule has 5 heteroatoms. The van der Waals surface area contributed by atoms with Crippen LogP contribution in [-0.4, -0.2) is 21.8 Å². The zero-order valence-electron chi connectivity index (χ0n) is 14.1. The molecule has 0 bridgehead atoms. The lowest BCUT2D eigenvalue weighted by Gasteiger charge is -2.27. The molecule has 0 radical (unpaired) electrons. The van der Waals surface area contributed by atoms with Crippen molar-refractivity contribution >= 4 is 28.4 Å². The van der Waals surface area contributed by atoms with Crippen LogP contribution in [-0.2, 0) is 6.54 Å². The van der Waals surface area contributed by atoms with Crippen molar-refractivity contribution in [2.75, 3.05) is 0 Å². The molecule has 0 atom stereocenters. The number of hydrogen-bond acceptors (Lipinski definition) is 2. The van der Waals surface area contributed by atoms with Crippen LogP contribution < -0.4 is 5.56 Å². The van der Waals surface area contributed by atoms with Crippen LogP contribution in [0.3, 0.4) is 0 Å². The number of carbonyl (C=O) groups is 1. The molecule has 1 heterocycles. The maximum atomic E-state index is 12.9. The van der Waals surface area contributed by atoms with Gasteiger partial charge >= 0.3 is 0 Å². The van der Waals surface area contributed by atoms with E-state index in [1.165, 1.54) is 0 Å². The van der Waals surface area contributed by atoms with Crippen LogP contribution in [0.2, 0.25) is 5.02 Å². The number of amides is 1.